The molecule has 0 atom stereocenters. The molecule has 1 amide bonds. The summed E-state index contributed by atoms with van der Waals surface area (Å²) in [5.41, 5.74) is 10.5. The van der Waals surface area contributed by atoms with Crippen LogP contribution in [-0.4, -0.2) is 30.8 Å². The summed E-state index contributed by atoms with van der Waals surface area (Å²) in [4.78, 5) is 34.4. The number of benzene rings is 2. The van der Waals surface area contributed by atoms with Crippen LogP contribution >= 0.6 is 11.3 Å². The first-order valence-electron chi connectivity index (χ1n) is 9.84. The number of anilines is 2. The third kappa shape index (κ3) is 4.10. The van der Waals surface area contributed by atoms with Gasteiger partial charge in [-0.2, -0.15) is 13.2 Å². The van der Waals surface area contributed by atoms with Crippen LogP contribution in [0.5, 0.6) is 0 Å². The van der Waals surface area contributed by atoms with Crippen LogP contribution < -0.4 is 10.6 Å². The number of hydrogen-bond acceptors (Lipinski definition) is 8. The number of nitrogens with two attached hydrogens (primary N) is 1. The van der Waals surface area contributed by atoms with Gasteiger partial charge in [0.05, 0.1) is 50.8 Å². The molecule has 3 aromatic heterocycles. The fourth-order valence-corrected chi connectivity index (χ4v) is 4.26. The molecule has 34 heavy (non-hydrogen) atoms. The van der Waals surface area contributed by atoms with E-state index in [9.17, 15) is 18.0 Å². The van der Waals surface area contributed by atoms with E-state index in [1.54, 1.807) is 35.8 Å². The number of carbonyl (C=O) groups excluding carboxylic acids is 1. The van der Waals surface area contributed by atoms with Crippen LogP contribution in [0, 0.1) is 0 Å². The molecule has 0 radical (unpaired) electrons. The van der Waals surface area contributed by atoms with Gasteiger partial charge in [0.15, 0.2) is 0 Å². The lowest BCUT2D eigenvalue weighted by atomic mass is 10.1. The molecule has 0 fully saturated rings. The molecular weight excluding hydrogens is 467 g/mol. The quantitative estimate of drug-likeness (QED) is 0.403. The summed E-state index contributed by atoms with van der Waals surface area (Å²) in [5.74, 6) is -1.62. The number of amides is 1. The van der Waals surface area contributed by atoms with Crippen molar-refractivity contribution in [1.29, 1.82) is 0 Å². The second-order valence-electron chi connectivity index (χ2n) is 7.28. The summed E-state index contributed by atoms with van der Waals surface area (Å²) in [5, 5.41) is 0. The van der Waals surface area contributed by atoms with E-state index >= 15 is 0 Å². The van der Waals surface area contributed by atoms with E-state index in [4.69, 9.17) is 5.73 Å². The van der Waals surface area contributed by atoms with Gasteiger partial charge in [-0.25, -0.2) is 19.9 Å². The number of halogens is 3. The molecular formula is C22H14F3N7OS. The van der Waals surface area contributed by atoms with Crippen molar-refractivity contribution in [3.8, 4) is 0 Å². The molecule has 2 aromatic carbocycles. The number of nitrogen functional groups attached to an aromatic ring is 1. The second kappa shape index (κ2) is 8.30. The molecule has 0 unspecified atom stereocenters. The monoisotopic (exact) mass is 481 g/mol. The molecule has 0 aliphatic carbocycles. The molecule has 170 valence electrons. The number of aromatic nitrogens is 5. The molecule has 5 aromatic rings. The minimum atomic E-state index is -4.70. The maximum atomic E-state index is 13.5. The van der Waals surface area contributed by atoms with Crippen LogP contribution in [0.25, 0.3) is 21.3 Å². The van der Waals surface area contributed by atoms with Gasteiger partial charge in [-0.1, -0.05) is 12.1 Å². The standard InChI is InChI=1S/C22H14F3N7OS/c23-22(24,25)21-28-7-13(8-29-21)20(33)32(17-3-1-2-15-19(17)34-11-30-15)10-12-4-5-14-16(6-12)31-18(26)9-27-14/h1-9,11H,10H2,(H2,26,31). The van der Waals surface area contributed by atoms with Gasteiger partial charge in [0.1, 0.15) is 5.82 Å². The summed E-state index contributed by atoms with van der Waals surface area (Å²) in [7, 11) is 0. The number of nitrogens with zero attached hydrogens (tertiary/aromatic N) is 6. The van der Waals surface area contributed by atoms with Crippen molar-refractivity contribution in [1.82, 2.24) is 24.9 Å². The van der Waals surface area contributed by atoms with Crippen molar-refractivity contribution < 1.29 is 18.0 Å². The molecule has 0 saturated heterocycles. The van der Waals surface area contributed by atoms with Gasteiger partial charge < -0.3 is 10.6 Å². The summed E-state index contributed by atoms with van der Waals surface area (Å²) >= 11 is 1.35. The zero-order valence-electron chi connectivity index (χ0n) is 17.2. The number of hydrogen-bond donors (Lipinski definition) is 1. The minimum Gasteiger partial charge on any atom is -0.382 e. The Morgan fingerprint density at radius 3 is 2.53 bits per heavy atom. The molecule has 3 heterocycles. The molecule has 8 nitrogen and oxygen atoms in total. The van der Waals surface area contributed by atoms with Crippen molar-refractivity contribution >= 4 is 50.0 Å². The van der Waals surface area contributed by atoms with Gasteiger partial charge in [-0.15, -0.1) is 11.3 Å². The molecule has 0 bridgehead atoms. The summed E-state index contributed by atoms with van der Waals surface area (Å²) in [6.07, 6.45) is -1.49. The summed E-state index contributed by atoms with van der Waals surface area (Å²) in [6.45, 7) is 0.100. The maximum Gasteiger partial charge on any atom is 0.451 e. The fourth-order valence-electron chi connectivity index (χ4n) is 3.44. The maximum absolute atomic E-state index is 13.5. The van der Waals surface area contributed by atoms with Crippen LogP contribution in [-0.2, 0) is 12.7 Å². The lowest BCUT2D eigenvalue weighted by molar-refractivity contribution is -0.145. The largest absolute Gasteiger partial charge is 0.451 e. The fraction of sp³-hybridized carbons (Fsp3) is 0.0909. The Labute approximate surface area is 194 Å². The van der Waals surface area contributed by atoms with Crippen molar-refractivity contribution in [3.05, 3.63) is 77.5 Å². The predicted molar refractivity (Wildman–Crippen MR) is 121 cm³/mol. The SMILES string of the molecule is Nc1cnc2ccc(CN(C(=O)c3cnc(C(F)(F)F)nc3)c3cccc4ncsc34)cc2n1. The topological polar surface area (TPSA) is 111 Å². The Bertz CT molecular complexity index is 1520. The van der Waals surface area contributed by atoms with E-state index in [0.717, 1.165) is 22.7 Å². The third-order valence-electron chi connectivity index (χ3n) is 4.99. The predicted octanol–water partition coefficient (Wildman–Crippen LogP) is 4.48. The van der Waals surface area contributed by atoms with E-state index in [1.165, 1.54) is 22.4 Å². The van der Waals surface area contributed by atoms with Crippen molar-refractivity contribution in [2.45, 2.75) is 12.7 Å². The van der Waals surface area contributed by atoms with Gasteiger partial charge in [0.2, 0.25) is 5.82 Å². The van der Waals surface area contributed by atoms with E-state index in [1.807, 2.05) is 6.07 Å². The zero-order valence-corrected chi connectivity index (χ0v) is 18.0. The molecule has 0 aliphatic rings. The van der Waals surface area contributed by atoms with Crippen molar-refractivity contribution in [3.63, 3.8) is 0 Å². The van der Waals surface area contributed by atoms with Gasteiger partial charge in [0.25, 0.3) is 5.91 Å². The first-order chi connectivity index (χ1) is 16.3. The Morgan fingerprint density at radius 2 is 1.76 bits per heavy atom. The Morgan fingerprint density at radius 1 is 0.971 bits per heavy atom. The average molecular weight is 481 g/mol. The highest BCUT2D eigenvalue weighted by molar-refractivity contribution is 7.17. The highest BCUT2D eigenvalue weighted by atomic mass is 32.1. The van der Waals surface area contributed by atoms with Gasteiger partial charge in [0, 0.05) is 12.4 Å². The normalized spacial score (nSPS) is 11.7. The highest BCUT2D eigenvalue weighted by Crippen LogP contribution is 2.32. The Hall–Kier alpha value is -4.19. The molecule has 5 rings (SSSR count). The first kappa shape index (κ1) is 21.6. The van der Waals surface area contributed by atoms with Crippen LogP contribution in [0.2, 0.25) is 0 Å². The number of carbonyl (C=O) groups is 1. The number of thiazole rings is 1. The van der Waals surface area contributed by atoms with Crippen molar-refractivity contribution in [2.75, 3.05) is 10.6 Å². The molecule has 2 N–H and O–H groups in total. The Kier molecular flexibility index (Phi) is 5.28. The minimum absolute atomic E-state index is 0.0839. The molecule has 0 spiro atoms. The average Bonchev–Trinajstić information content (AvgIpc) is 3.31. The smallest absolute Gasteiger partial charge is 0.382 e. The van der Waals surface area contributed by atoms with E-state index < -0.39 is 17.9 Å². The van der Waals surface area contributed by atoms with Crippen LogP contribution in [0.3, 0.4) is 0 Å². The zero-order chi connectivity index (χ0) is 23.9. The molecule has 0 saturated carbocycles. The summed E-state index contributed by atoms with van der Waals surface area (Å²) < 4.78 is 39.4. The third-order valence-corrected chi connectivity index (χ3v) is 5.85. The molecule has 0 aliphatic heterocycles. The van der Waals surface area contributed by atoms with Crippen LogP contribution in [0.15, 0.2) is 60.5 Å². The van der Waals surface area contributed by atoms with Gasteiger partial charge in [-0.3, -0.25) is 9.78 Å². The Balaban J connectivity index is 1.58. The summed E-state index contributed by atoms with van der Waals surface area (Å²) in [6, 6.07) is 10.6. The van der Waals surface area contributed by atoms with Gasteiger partial charge in [-0.05, 0) is 29.8 Å². The van der Waals surface area contributed by atoms with E-state index in [2.05, 4.69) is 24.9 Å². The highest BCUT2D eigenvalue weighted by Gasteiger charge is 2.34. The van der Waals surface area contributed by atoms with Crippen LogP contribution in [0.4, 0.5) is 24.7 Å². The van der Waals surface area contributed by atoms with Gasteiger partial charge >= 0.3 is 6.18 Å². The first-order valence-corrected chi connectivity index (χ1v) is 10.7. The molecule has 12 heteroatoms. The van der Waals surface area contributed by atoms with Crippen LogP contribution in [0.1, 0.15) is 21.7 Å². The lowest BCUT2D eigenvalue weighted by Gasteiger charge is -2.23. The van der Waals surface area contributed by atoms with Crippen molar-refractivity contribution in [2.24, 2.45) is 0 Å². The lowest BCUT2D eigenvalue weighted by Crippen LogP contribution is -2.31. The number of alkyl halides is 3. The second-order valence-corrected chi connectivity index (χ2v) is 8.13. The number of rotatable bonds is 4. The number of fused-ring (bicyclic) bond motifs is 2. The van der Waals surface area contributed by atoms with E-state index in [-0.39, 0.29) is 17.9 Å². The van der Waals surface area contributed by atoms with E-state index in [0.29, 0.717) is 22.2 Å².